The Morgan fingerprint density at radius 2 is 1.71 bits per heavy atom. The Morgan fingerprint density at radius 1 is 1.00 bits per heavy atom. The summed E-state index contributed by atoms with van der Waals surface area (Å²) < 4.78 is 81.4. The molecular weight excluding hydrogens is 521 g/mol. The summed E-state index contributed by atoms with van der Waals surface area (Å²) in [5.41, 5.74) is -1.48. The summed E-state index contributed by atoms with van der Waals surface area (Å²) in [5, 5.41) is 3.03. The first kappa shape index (κ1) is 24.1. The van der Waals surface area contributed by atoms with Crippen LogP contribution in [0, 0.1) is 5.82 Å². The van der Waals surface area contributed by atoms with Crippen molar-refractivity contribution in [1.82, 2.24) is 9.78 Å². The van der Waals surface area contributed by atoms with Crippen LogP contribution in [0.2, 0.25) is 10.0 Å². The summed E-state index contributed by atoms with van der Waals surface area (Å²) in [6.45, 7) is 0.190. The highest BCUT2D eigenvalue weighted by Gasteiger charge is 2.35. The van der Waals surface area contributed by atoms with E-state index in [1.807, 2.05) is 0 Å². The average Bonchev–Trinajstić information content (AvgIpc) is 3.03. The fourth-order valence-electron chi connectivity index (χ4n) is 3.30. The predicted molar refractivity (Wildman–Crippen MR) is 120 cm³/mol. The van der Waals surface area contributed by atoms with Gasteiger partial charge in [0.2, 0.25) is 0 Å². The van der Waals surface area contributed by atoms with Gasteiger partial charge < -0.3 is 0 Å². The minimum atomic E-state index is -5.09. The van der Waals surface area contributed by atoms with Gasteiger partial charge in [-0.05, 0) is 42.0 Å². The van der Waals surface area contributed by atoms with Gasteiger partial charge in [0, 0.05) is 5.02 Å². The Hall–Kier alpha value is -3.02. The number of alkyl halides is 3. The van der Waals surface area contributed by atoms with Gasteiger partial charge in [0.25, 0.3) is 15.6 Å². The van der Waals surface area contributed by atoms with Crippen molar-refractivity contribution in [1.29, 1.82) is 0 Å². The number of aromatic nitrogens is 2. The number of hydrogen-bond acceptors (Lipinski definition) is 3. The number of benzene rings is 3. The molecule has 0 saturated carbocycles. The molecular formula is C21H13Cl2F4N3O3S. The van der Waals surface area contributed by atoms with E-state index in [1.165, 1.54) is 10.7 Å². The van der Waals surface area contributed by atoms with E-state index in [-0.39, 0.29) is 28.7 Å². The highest BCUT2D eigenvalue weighted by Crippen LogP contribution is 2.34. The lowest BCUT2D eigenvalue weighted by Crippen LogP contribution is -2.16. The van der Waals surface area contributed by atoms with Crippen molar-refractivity contribution in [3.8, 4) is 0 Å². The minimum absolute atomic E-state index is 0.0734. The molecule has 4 rings (SSSR count). The average molecular weight is 534 g/mol. The van der Waals surface area contributed by atoms with Gasteiger partial charge in [0.15, 0.2) is 0 Å². The smallest absolute Gasteiger partial charge is 0.280 e. The molecule has 0 atom stereocenters. The maximum atomic E-state index is 13.5. The third-order valence-corrected chi connectivity index (χ3v) is 6.99. The third kappa shape index (κ3) is 4.63. The van der Waals surface area contributed by atoms with Crippen LogP contribution in [0.4, 0.5) is 23.2 Å². The Balaban J connectivity index is 1.72. The second-order valence-electron chi connectivity index (χ2n) is 7.21. The standard InChI is InChI=1S/C21H13Cl2F4N3O3S/c22-15-4-2-1-3-11(15)10-30-19-9-16(23)18(8-13(19)20(31)28-30)29-34(32,33)12-5-6-17(24)14(7-12)21(25,26)27/h1-9,29H,10H2,(H,28,31). The third-order valence-electron chi connectivity index (χ3n) is 4.94. The van der Waals surface area contributed by atoms with Crippen molar-refractivity contribution in [2.24, 2.45) is 0 Å². The molecule has 0 aliphatic carbocycles. The number of nitrogens with one attached hydrogen (secondary N) is 2. The van der Waals surface area contributed by atoms with Gasteiger partial charge in [-0.25, -0.2) is 12.8 Å². The topological polar surface area (TPSA) is 84.0 Å². The Kier molecular flexibility index (Phi) is 6.13. The lowest BCUT2D eigenvalue weighted by atomic mass is 10.2. The molecule has 2 N–H and O–H groups in total. The van der Waals surface area contributed by atoms with Crippen molar-refractivity contribution in [3.63, 3.8) is 0 Å². The van der Waals surface area contributed by atoms with Gasteiger partial charge in [-0.1, -0.05) is 41.4 Å². The van der Waals surface area contributed by atoms with Crippen LogP contribution in [0.5, 0.6) is 0 Å². The van der Waals surface area contributed by atoms with Crippen LogP contribution in [-0.2, 0) is 22.7 Å². The van der Waals surface area contributed by atoms with Crippen LogP contribution < -0.4 is 10.3 Å². The molecule has 0 radical (unpaired) electrons. The van der Waals surface area contributed by atoms with E-state index in [9.17, 15) is 30.8 Å². The maximum absolute atomic E-state index is 13.5. The molecule has 0 fully saturated rings. The van der Waals surface area contributed by atoms with E-state index in [0.717, 1.165) is 6.07 Å². The summed E-state index contributed by atoms with van der Waals surface area (Å²) in [7, 11) is -4.60. The zero-order valence-electron chi connectivity index (χ0n) is 16.8. The molecule has 13 heteroatoms. The number of fused-ring (bicyclic) bond motifs is 1. The van der Waals surface area contributed by atoms with Gasteiger partial charge in [-0.2, -0.15) is 13.2 Å². The number of halogens is 6. The first-order valence-electron chi connectivity index (χ1n) is 9.42. The maximum Gasteiger partial charge on any atom is 0.419 e. The number of rotatable bonds is 5. The van der Waals surface area contributed by atoms with E-state index in [2.05, 4.69) is 9.82 Å². The van der Waals surface area contributed by atoms with Gasteiger partial charge in [-0.15, -0.1) is 0 Å². The van der Waals surface area contributed by atoms with Gasteiger partial charge in [0.05, 0.1) is 38.6 Å². The number of sulfonamides is 1. The normalized spacial score (nSPS) is 12.3. The lowest BCUT2D eigenvalue weighted by molar-refractivity contribution is -0.140. The largest absolute Gasteiger partial charge is 0.419 e. The summed E-state index contributed by atoms with van der Waals surface area (Å²) in [6.07, 6.45) is -5.09. The van der Waals surface area contributed by atoms with Gasteiger partial charge >= 0.3 is 6.18 Å². The van der Waals surface area contributed by atoms with E-state index < -0.39 is 38.0 Å². The van der Waals surface area contributed by atoms with E-state index >= 15 is 0 Å². The van der Waals surface area contributed by atoms with Crippen LogP contribution in [0.1, 0.15) is 11.1 Å². The number of H-pyrrole nitrogens is 1. The molecule has 34 heavy (non-hydrogen) atoms. The SMILES string of the molecule is O=c1[nH]n(Cc2ccccc2Cl)c2cc(Cl)c(NS(=O)(=O)c3ccc(F)c(C(F)(F)F)c3)cc12. The highest BCUT2D eigenvalue weighted by molar-refractivity contribution is 7.92. The van der Waals surface area contributed by atoms with E-state index in [0.29, 0.717) is 28.2 Å². The van der Waals surface area contributed by atoms with Crippen LogP contribution in [-0.4, -0.2) is 18.2 Å². The Labute approximate surface area is 199 Å². The zero-order chi connectivity index (χ0) is 24.8. The lowest BCUT2D eigenvalue weighted by Gasteiger charge is -2.13. The molecule has 0 unspecified atom stereocenters. The molecule has 0 spiro atoms. The van der Waals surface area contributed by atoms with Crippen molar-refractivity contribution in [2.75, 3.05) is 4.72 Å². The van der Waals surface area contributed by atoms with Crippen molar-refractivity contribution < 1.29 is 26.0 Å². The molecule has 3 aromatic carbocycles. The minimum Gasteiger partial charge on any atom is -0.280 e. The fraction of sp³-hybridized carbons (Fsp3) is 0.0952. The first-order valence-corrected chi connectivity index (χ1v) is 11.7. The van der Waals surface area contributed by atoms with Gasteiger partial charge in [0.1, 0.15) is 5.82 Å². The zero-order valence-corrected chi connectivity index (χ0v) is 19.1. The summed E-state index contributed by atoms with van der Waals surface area (Å²) in [4.78, 5) is 11.6. The van der Waals surface area contributed by atoms with Gasteiger partial charge in [-0.3, -0.25) is 19.3 Å². The molecule has 0 bridgehead atoms. The van der Waals surface area contributed by atoms with E-state index in [1.54, 1.807) is 24.3 Å². The van der Waals surface area contributed by atoms with Crippen molar-refractivity contribution in [2.45, 2.75) is 17.6 Å². The highest BCUT2D eigenvalue weighted by atomic mass is 35.5. The second-order valence-corrected chi connectivity index (χ2v) is 9.71. The molecule has 4 aromatic rings. The van der Waals surface area contributed by atoms with Crippen molar-refractivity contribution >= 4 is 49.8 Å². The molecule has 0 aliphatic heterocycles. The summed E-state index contributed by atoms with van der Waals surface area (Å²) in [6, 6.07) is 10.7. The number of aromatic amines is 1. The number of nitrogens with zero attached hydrogens (tertiary/aromatic N) is 1. The monoisotopic (exact) mass is 533 g/mol. The first-order chi connectivity index (χ1) is 15.9. The predicted octanol–water partition coefficient (Wildman–Crippen LogP) is 5.64. The quantitative estimate of drug-likeness (QED) is 0.325. The Morgan fingerprint density at radius 3 is 2.38 bits per heavy atom. The van der Waals surface area contributed by atoms with E-state index in [4.69, 9.17) is 23.2 Å². The summed E-state index contributed by atoms with van der Waals surface area (Å²) >= 11 is 12.4. The molecule has 178 valence electrons. The molecule has 0 aliphatic rings. The number of hydrogen-bond donors (Lipinski definition) is 2. The fourth-order valence-corrected chi connectivity index (χ4v) is 4.86. The molecule has 0 saturated heterocycles. The number of anilines is 1. The second kappa shape index (κ2) is 8.64. The van der Waals surface area contributed by atoms with Crippen LogP contribution >= 0.6 is 23.2 Å². The molecule has 1 aromatic heterocycles. The van der Waals surface area contributed by atoms with Crippen LogP contribution in [0.3, 0.4) is 0 Å². The Bertz CT molecular complexity index is 1580. The summed E-state index contributed by atoms with van der Waals surface area (Å²) in [5.74, 6) is -1.61. The van der Waals surface area contributed by atoms with Crippen LogP contribution in [0.15, 0.2) is 64.3 Å². The van der Waals surface area contributed by atoms with Crippen molar-refractivity contribution in [3.05, 3.63) is 91.9 Å². The molecule has 6 nitrogen and oxygen atoms in total. The van der Waals surface area contributed by atoms with Crippen LogP contribution in [0.25, 0.3) is 10.9 Å². The molecule has 1 heterocycles. The molecule has 0 amide bonds.